The van der Waals surface area contributed by atoms with Crippen LogP contribution in [-0.2, 0) is 0 Å². The SMILES string of the molecule is Cc1ccc(-c2c(C)cc(C)c(F)c2F)cc1.Cc1ccc(-c2c(C)cc(C)c(F)c2F)cc1.Cc1ccc(-c2c(C)cc(C)c(F)c2F)cc1.Cc1ccc(-c2ccc(C3CC3)cc2)c(F)c1F.Cc1ccc(-c2ccc(C3CCC3)cc2)c(F)c1F.Cc1ccc(-c2ccc(C3CCC3)cc2)c(F)c1F.Cc1ccc(-c2ccc(C3CCCC3)cc2)c(F)c1F.Cc1ccc(-c2ccc(C3CCCC3)cc2)c(F)c1F. The molecule has 0 amide bonds. The van der Waals surface area contributed by atoms with Crippen LogP contribution < -0.4 is 0 Å². The van der Waals surface area contributed by atoms with E-state index in [1.165, 1.54) is 131 Å². The Morgan fingerprint density at radius 3 is 0.456 bits per heavy atom. The first-order valence-corrected chi connectivity index (χ1v) is 50.7. The molecule has 16 aromatic rings. The standard InChI is InChI=1S/2C18H18F2.2C17H16F2.C16H14F2.3C15H14F2/c2*1-12-6-11-16(18(20)17(12)19)15-9-7-14(8-10-15)13-4-2-3-5-13;2*1-11-5-10-15(17(19)16(11)18)14-8-6-13(7-9-14)12-3-2-4-12;1-10-2-9-14(16(18)15(10)17)13-7-5-12(6-8-13)11-3-4-11;3*1-9-4-6-12(7-5-9)13-10(2)8-11(3)14(16)15(13)17/h2*6-11,13H,2-5H2,1H3;2*5-10,12H,2-4H2,1H3;2,5-9,11H,3-4H2,1H3;3*4-8H,1-3H3. The van der Waals surface area contributed by atoms with E-state index in [2.05, 4.69) is 24.3 Å². The summed E-state index contributed by atoms with van der Waals surface area (Å²) in [4.78, 5) is 0. The summed E-state index contributed by atoms with van der Waals surface area (Å²) >= 11 is 0. The molecule has 0 bridgehead atoms. The molecular formula is C131H124F16. The van der Waals surface area contributed by atoms with Crippen molar-refractivity contribution in [3.8, 4) is 89.0 Å². The number of halogens is 16. The Balaban J connectivity index is 0.000000133. The highest BCUT2D eigenvalue weighted by molar-refractivity contribution is 5.74. The van der Waals surface area contributed by atoms with Gasteiger partial charge < -0.3 is 0 Å². The summed E-state index contributed by atoms with van der Waals surface area (Å²) in [6.45, 7) is 23.9. The molecule has 5 saturated carbocycles. The van der Waals surface area contributed by atoms with E-state index in [0.29, 0.717) is 135 Å². The van der Waals surface area contributed by atoms with Gasteiger partial charge in [-0.25, -0.2) is 70.2 Å². The lowest BCUT2D eigenvalue weighted by atomic mass is 9.80. The molecule has 5 aliphatic carbocycles. The minimum absolute atomic E-state index is 0.334. The molecule has 0 radical (unpaired) electrons. The zero-order valence-corrected chi connectivity index (χ0v) is 85.7. The summed E-state index contributed by atoms with van der Waals surface area (Å²) in [6, 6.07) is 83.0. The molecule has 0 unspecified atom stereocenters. The average Bonchev–Trinajstić information content (AvgIpc) is 1.33. The third-order valence-corrected chi connectivity index (χ3v) is 29.1. The third-order valence-electron chi connectivity index (χ3n) is 29.1. The van der Waals surface area contributed by atoms with Gasteiger partial charge in [0.1, 0.15) is 0 Å². The molecule has 0 atom stereocenters. The zero-order chi connectivity index (χ0) is 105. The monoisotopic (exact) mass is 2000 g/mol. The molecule has 0 aliphatic heterocycles. The third kappa shape index (κ3) is 26.3. The van der Waals surface area contributed by atoms with Crippen LogP contribution >= 0.6 is 0 Å². The summed E-state index contributed by atoms with van der Waals surface area (Å²) in [7, 11) is 0. The lowest BCUT2D eigenvalue weighted by Gasteiger charge is -2.25. The Labute approximate surface area is 855 Å². The fraction of sp³-hybridized carbons (Fsp3) is 0.267. The van der Waals surface area contributed by atoms with Crippen LogP contribution in [0.1, 0.15) is 238 Å². The van der Waals surface area contributed by atoms with Gasteiger partial charge in [-0.15, -0.1) is 0 Å². The van der Waals surface area contributed by atoms with Crippen molar-refractivity contribution in [2.75, 3.05) is 0 Å². The average molecular weight is 2000 g/mol. The van der Waals surface area contributed by atoms with E-state index in [1.54, 1.807) is 155 Å². The first-order valence-electron chi connectivity index (χ1n) is 50.7. The van der Waals surface area contributed by atoms with E-state index in [0.717, 1.165) is 61.2 Å². The molecule has 147 heavy (non-hydrogen) atoms. The predicted molar refractivity (Wildman–Crippen MR) is 568 cm³/mol. The quantitative estimate of drug-likeness (QED) is 0.101. The molecule has 16 aromatic carbocycles. The number of benzene rings is 16. The van der Waals surface area contributed by atoms with E-state index in [1.807, 2.05) is 191 Å². The molecule has 0 N–H and O–H groups in total. The van der Waals surface area contributed by atoms with Crippen LogP contribution in [-0.4, -0.2) is 0 Å². The Morgan fingerprint density at radius 1 is 0.136 bits per heavy atom. The van der Waals surface area contributed by atoms with Crippen LogP contribution in [0, 0.1) is 190 Å². The van der Waals surface area contributed by atoms with Crippen molar-refractivity contribution >= 4 is 0 Å². The van der Waals surface area contributed by atoms with Crippen molar-refractivity contribution in [2.45, 2.75) is 229 Å². The van der Waals surface area contributed by atoms with E-state index >= 15 is 0 Å². The highest BCUT2D eigenvalue weighted by Gasteiger charge is 2.28. The molecule has 0 heterocycles. The Kier molecular flexibility index (Phi) is 36.6. The van der Waals surface area contributed by atoms with Crippen molar-refractivity contribution in [1.29, 1.82) is 0 Å². The lowest BCUT2D eigenvalue weighted by molar-refractivity contribution is 0.420. The van der Waals surface area contributed by atoms with Crippen molar-refractivity contribution in [3.05, 3.63) is 472 Å². The van der Waals surface area contributed by atoms with Crippen molar-refractivity contribution in [1.82, 2.24) is 0 Å². The van der Waals surface area contributed by atoms with Gasteiger partial charge in [0.2, 0.25) is 0 Å². The van der Waals surface area contributed by atoms with E-state index in [-0.39, 0.29) is 0 Å². The zero-order valence-electron chi connectivity index (χ0n) is 85.7. The second-order valence-corrected chi connectivity index (χ2v) is 40.0. The summed E-state index contributed by atoms with van der Waals surface area (Å²) < 4.78 is 220. The predicted octanol–water partition coefficient (Wildman–Crippen LogP) is 40.1. The number of hydrogen-bond acceptors (Lipinski definition) is 0. The van der Waals surface area contributed by atoms with Crippen molar-refractivity contribution in [3.63, 3.8) is 0 Å². The summed E-state index contributed by atoms with van der Waals surface area (Å²) in [5, 5.41) is 0. The maximum absolute atomic E-state index is 14.0. The van der Waals surface area contributed by atoms with Gasteiger partial charge in [0.05, 0.1) is 0 Å². The van der Waals surface area contributed by atoms with Gasteiger partial charge >= 0.3 is 0 Å². The fourth-order valence-corrected chi connectivity index (χ4v) is 19.4. The van der Waals surface area contributed by atoms with Gasteiger partial charge in [-0.1, -0.05) is 328 Å². The van der Waals surface area contributed by atoms with Crippen molar-refractivity contribution < 1.29 is 70.2 Å². The molecule has 16 heteroatoms. The molecule has 0 spiro atoms. The molecule has 760 valence electrons. The van der Waals surface area contributed by atoms with Crippen LogP contribution in [0.25, 0.3) is 89.0 Å². The number of hydrogen-bond donors (Lipinski definition) is 0. The lowest BCUT2D eigenvalue weighted by Crippen LogP contribution is -2.08. The molecule has 0 aromatic heterocycles. The Bertz CT molecular complexity index is 6790. The molecular weight excluding hydrogens is 1880 g/mol. The van der Waals surface area contributed by atoms with Gasteiger partial charge in [0.15, 0.2) is 93.1 Å². The van der Waals surface area contributed by atoms with E-state index < -0.39 is 93.1 Å². The minimum Gasteiger partial charge on any atom is -0.203 e. The van der Waals surface area contributed by atoms with Crippen LogP contribution in [0.3, 0.4) is 0 Å². The first kappa shape index (κ1) is 109. The van der Waals surface area contributed by atoms with Gasteiger partial charge in [0, 0.05) is 44.5 Å². The maximum Gasteiger partial charge on any atom is 0.167 e. The Morgan fingerprint density at radius 2 is 0.293 bits per heavy atom. The largest absolute Gasteiger partial charge is 0.203 e. The smallest absolute Gasteiger partial charge is 0.167 e. The summed E-state index contributed by atoms with van der Waals surface area (Å²) in [6.07, 6.45) is 20.2. The van der Waals surface area contributed by atoms with Crippen molar-refractivity contribution in [2.24, 2.45) is 0 Å². The van der Waals surface area contributed by atoms with Crippen LogP contribution in [0.4, 0.5) is 70.2 Å². The van der Waals surface area contributed by atoms with Crippen LogP contribution in [0.5, 0.6) is 0 Å². The minimum atomic E-state index is -0.758. The number of rotatable bonds is 13. The normalized spacial score (nSPS) is 13.8. The summed E-state index contributed by atoms with van der Waals surface area (Å²) in [5.74, 6) is -8.77. The second-order valence-electron chi connectivity index (χ2n) is 40.0. The van der Waals surface area contributed by atoms with Gasteiger partial charge in [-0.05, 0) is 324 Å². The maximum atomic E-state index is 14.0. The molecule has 5 fully saturated rings. The molecule has 5 aliphatic rings. The first-order chi connectivity index (χ1) is 70.3. The Hall–Kier alpha value is -13.6. The van der Waals surface area contributed by atoms with Gasteiger partial charge in [-0.3, -0.25) is 0 Å². The van der Waals surface area contributed by atoms with E-state index in [9.17, 15) is 70.2 Å². The highest BCUT2D eigenvalue weighted by atomic mass is 19.2. The molecule has 21 rings (SSSR count). The van der Waals surface area contributed by atoms with E-state index in [4.69, 9.17) is 0 Å². The number of aryl methyl sites for hydroxylation is 14. The molecule has 0 nitrogen and oxygen atoms in total. The molecule has 0 saturated heterocycles. The van der Waals surface area contributed by atoms with Gasteiger partial charge in [-0.2, -0.15) is 0 Å². The second kappa shape index (κ2) is 49.3. The fourth-order valence-electron chi connectivity index (χ4n) is 19.4. The summed E-state index contributed by atoms with van der Waals surface area (Å²) in [5.41, 5.74) is 23.4. The van der Waals surface area contributed by atoms with Crippen LogP contribution in [0.2, 0.25) is 0 Å². The van der Waals surface area contributed by atoms with Gasteiger partial charge in [0.25, 0.3) is 0 Å². The van der Waals surface area contributed by atoms with Crippen LogP contribution in [0.15, 0.2) is 273 Å². The highest BCUT2D eigenvalue weighted by Crippen LogP contribution is 2.45. The topological polar surface area (TPSA) is 0 Å².